The molecule has 1 atom stereocenters. The fourth-order valence-electron chi connectivity index (χ4n) is 3.13. The van der Waals surface area contributed by atoms with Crippen LogP contribution in [0.4, 0.5) is 0 Å². The lowest BCUT2D eigenvalue weighted by atomic mass is 9.79. The van der Waals surface area contributed by atoms with Gasteiger partial charge in [-0.3, -0.25) is 0 Å². The molecule has 1 aliphatic carbocycles. The number of oxime groups is 1. The Labute approximate surface area is 142 Å². The maximum atomic E-state index is 9.17. The second-order valence-corrected chi connectivity index (χ2v) is 5.78. The molecule has 24 heavy (non-hydrogen) atoms. The quantitative estimate of drug-likeness (QED) is 0.666. The fourth-order valence-corrected chi connectivity index (χ4v) is 3.13. The molecule has 0 bridgehead atoms. The van der Waals surface area contributed by atoms with E-state index < -0.39 is 0 Å². The number of nitrogens with zero attached hydrogens (tertiary/aromatic N) is 1. The number of hydrogen-bond donors (Lipinski definition) is 1. The van der Waals surface area contributed by atoms with Gasteiger partial charge in [0.25, 0.3) is 0 Å². The van der Waals surface area contributed by atoms with E-state index in [4.69, 9.17) is 14.7 Å². The van der Waals surface area contributed by atoms with Crippen LogP contribution in [0.15, 0.2) is 59.8 Å². The topological polar surface area (TPSA) is 51.0 Å². The summed E-state index contributed by atoms with van der Waals surface area (Å²) in [5, 5.41) is 12.6. The summed E-state index contributed by atoms with van der Waals surface area (Å²) in [6.45, 7) is 0. The third-order valence-electron chi connectivity index (χ3n) is 4.46. The fraction of sp³-hybridized carbons (Fsp3) is 0.250. The largest absolute Gasteiger partial charge is 0.497 e. The maximum Gasteiger partial charge on any atom is 0.118 e. The normalized spacial score (nSPS) is 19.0. The van der Waals surface area contributed by atoms with Crippen molar-refractivity contribution in [2.24, 2.45) is 5.16 Å². The molecule has 1 aliphatic rings. The first-order chi connectivity index (χ1) is 11.7. The Balaban J connectivity index is 1.99. The van der Waals surface area contributed by atoms with Crippen LogP contribution < -0.4 is 9.47 Å². The highest BCUT2D eigenvalue weighted by molar-refractivity contribution is 6.03. The molecule has 0 aliphatic heterocycles. The minimum atomic E-state index is 0.259. The molecule has 0 saturated heterocycles. The number of hydrogen-bond acceptors (Lipinski definition) is 4. The summed E-state index contributed by atoms with van der Waals surface area (Å²) in [5.74, 6) is 1.93. The molecular formula is C20H21NO3. The summed E-state index contributed by atoms with van der Waals surface area (Å²) in [6, 6.07) is 16.2. The number of benzene rings is 2. The van der Waals surface area contributed by atoms with Crippen LogP contribution >= 0.6 is 0 Å². The van der Waals surface area contributed by atoms with Gasteiger partial charge in [0, 0.05) is 5.92 Å². The highest BCUT2D eigenvalue weighted by atomic mass is 16.5. The molecule has 0 spiro atoms. The Morgan fingerprint density at radius 1 is 0.917 bits per heavy atom. The molecule has 0 heterocycles. The van der Waals surface area contributed by atoms with Crippen LogP contribution in [-0.2, 0) is 0 Å². The minimum Gasteiger partial charge on any atom is -0.497 e. The lowest BCUT2D eigenvalue weighted by molar-refractivity contribution is 0.318. The summed E-state index contributed by atoms with van der Waals surface area (Å²) in [7, 11) is 3.33. The molecule has 3 rings (SSSR count). The van der Waals surface area contributed by atoms with Gasteiger partial charge in [0.1, 0.15) is 11.5 Å². The van der Waals surface area contributed by atoms with E-state index in [0.29, 0.717) is 5.71 Å². The molecule has 0 fully saturated rings. The lowest BCUT2D eigenvalue weighted by Crippen LogP contribution is -2.12. The van der Waals surface area contributed by atoms with Crippen molar-refractivity contribution < 1.29 is 14.7 Å². The predicted molar refractivity (Wildman–Crippen MR) is 95.2 cm³/mol. The zero-order chi connectivity index (χ0) is 16.9. The van der Waals surface area contributed by atoms with Gasteiger partial charge in [-0.15, -0.1) is 0 Å². The van der Waals surface area contributed by atoms with Gasteiger partial charge in [-0.2, -0.15) is 0 Å². The van der Waals surface area contributed by atoms with Gasteiger partial charge in [0.2, 0.25) is 0 Å². The average molecular weight is 323 g/mol. The zero-order valence-corrected chi connectivity index (χ0v) is 13.9. The first kappa shape index (κ1) is 16.1. The Morgan fingerprint density at radius 2 is 1.50 bits per heavy atom. The van der Waals surface area contributed by atoms with Gasteiger partial charge in [0.15, 0.2) is 0 Å². The number of rotatable bonds is 4. The van der Waals surface area contributed by atoms with Crippen molar-refractivity contribution in [3.8, 4) is 11.5 Å². The molecule has 2 aromatic carbocycles. The van der Waals surface area contributed by atoms with Gasteiger partial charge in [0.05, 0.1) is 19.9 Å². The molecule has 0 amide bonds. The van der Waals surface area contributed by atoms with Gasteiger partial charge >= 0.3 is 0 Å². The zero-order valence-electron chi connectivity index (χ0n) is 13.9. The highest BCUT2D eigenvalue weighted by Crippen LogP contribution is 2.40. The van der Waals surface area contributed by atoms with Gasteiger partial charge in [-0.25, -0.2) is 0 Å². The molecule has 4 heteroatoms. The third kappa shape index (κ3) is 3.27. The van der Waals surface area contributed by atoms with Crippen molar-refractivity contribution in [1.29, 1.82) is 0 Å². The SMILES string of the molecule is COc1ccc(C2=C/C(=N/O)CCC2c2ccc(OC)cc2)cc1. The third-order valence-corrected chi connectivity index (χ3v) is 4.46. The molecule has 124 valence electrons. The first-order valence-electron chi connectivity index (χ1n) is 7.96. The van der Waals surface area contributed by atoms with E-state index in [1.54, 1.807) is 14.2 Å². The van der Waals surface area contributed by atoms with Gasteiger partial charge in [-0.1, -0.05) is 29.4 Å². The Bertz CT molecular complexity index is 745. The molecule has 0 aromatic heterocycles. The summed E-state index contributed by atoms with van der Waals surface area (Å²) in [6.07, 6.45) is 3.65. The molecule has 0 radical (unpaired) electrons. The van der Waals surface area contributed by atoms with E-state index in [-0.39, 0.29) is 5.92 Å². The minimum absolute atomic E-state index is 0.259. The van der Waals surface area contributed by atoms with Gasteiger partial charge < -0.3 is 14.7 Å². The van der Waals surface area contributed by atoms with Crippen molar-refractivity contribution in [3.63, 3.8) is 0 Å². The monoisotopic (exact) mass is 323 g/mol. The molecule has 2 aromatic rings. The van der Waals surface area contributed by atoms with Crippen LogP contribution in [0.2, 0.25) is 0 Å². The summed E-state index contributed by atoms with van der Waals surface area (Å²) in [5.41, 5.74) is 4.21. The van der Waals surface area contributed by atoms with E-state index in [2.05, 4.69) is 17.3 Å². The Kier molecular flexibility index (Phi) is 4.85. The van der Waals surface area contributed by atoms with Crippen LogP contribution in [0.25, 0.3) is 5.57 Å². The molecule has 4 nitrogen and oxygen atoms in total. The first-order valence-corrected chi connectivity index (χ1v) is 7.96. The predicted octanol–water partition coefficient (Wildman–Crippen LogP) is 4.50. The van der Waals surface area contributed by atoms with Crippen molar-refractivity contribution in [2.75, 3.05) is 14.2 Å². The lowest BCUT2D eigenvalue weighted by Gasteiger charge is -2.26. The van der Waals surface area contributed by atoms with Crippen molar-refractivity contribution in [2.45, 2.75) is 18.8 Å². The molecule has 1 unspecified atom stereocenters. The van der Waals surface area contributed by atoms with Crippen LogP contribution in [0, 0.1) is 0 Å². The van der Waals surface area contributed by atoms with Crippen LogP contribution in [0.5, 0.6) is 11.5 Å². The number of ether oxygens (including phenoxy) is 2. The van der Waals surface area contributed by atoms with Gasteiger partial charge in [-0.05, 0) is 59.9 Å². The van der Waals surface area contributed by atoms with E-state index >= 15 is 0 Å². The Morgan fingerprint density at radius 3 is 2.04 bits per heavy atom. The van der Waals surface area contributed by atoms with Crippen molar-refractivity contribution >= 4 is 11.3 Å². The van der Waals surface area contributed by atoms with Crippen LogP contribution in [-0.4, -0.2) is 25.1 Å². The second kappa shape index (κ2) is 7.21. The Hall–Kier alpha value is -2.75. The van der Waals surface area contributed by atoms with Crippen LogP contribution in [0.3, 0.4) is 0 Å². The second-order valence-electron chi connectivity index (χ2n) is 5.78. The van der Waals surface area contributed by atoms with Crippen molar-refractivity contribution in [3.05, 3.63) is 65.7 Å². The highest BCUT2D eigenvalue weighted by Gasteiger charge is 2.24. The maximum absolute atomic E-state index is 9.17. The standard InChI is InChI=1S/C20H21NO3/c1-23-17-8-3-14(4-9-17)19-12-7-16(21-22)13-20(19)15-5-10-18(24-2)11-6-15/h3-6,8-11,13,19,22H,7,12H2,1-2H3/b21-16+. The molecule has 1 N–H and O–H groups in total. The summed E-state index contributed by atoms with van der Waals surface area (Å²) < 4.78 is 10.5. The molecular weight excluding hydrogens is 302 g/mol. The van der Waals surface area contributed by atoms with Crippen molar-refractivity contribution in [1.82, 2.24) is 0 Å². The summed E-state index contributed by atoms with van der Waals surface area (Å²) in [4.78, 5) is 0. The van der Waals surface area contributed by atoms with E-state index in [0.717, 1.165) is 35.5 Å². The molecule has 0 saturated carbocycles. The summed E-state index contributed by atoms with van der Waals surface area (Å²) >= 11 is 0. The number of methoxy groups -OCH3 is 2. The van der Waals surface area contributed by atoms with E-state index in [9.17, 15) is 0 Å². The smallest absolute Gasteiger partial charge is 0.118 e. The van der Waals surface area contributed by atoms with E-state index in [1.807, 2.05) is 42.5 Å². The average Bonchev–Trinajstić information content (AvgIpc) is 2.67. The number of allylic oxidation sites excluding steroid dienone is 2. The van der Waals surface area contributed by atoms with Crippen LogP contribution in [0.1, 0.15) is 29.9 Å². The van der Waals surface area contributed by atoms with E-state index in [1.165, 1.54) is 5.56 Å².